The molecule has 5 heteroatoms. The van der Waals surface area contributed by atoms with Gasteiger partial charge in [0.05, 0.1) is 0 Å². The standard InChI is InChI=1S/C16H27NP.C12H10N.ClH.Pd/c1-15(2,3)18-16(4,5)12-13-8-10-14(11-9-13)17(6)7;13-12-9-5-4-8-11(12)10-6-2-1-3-7-10;;/h8-11H,12H2,1-7H3;1-6,8-9H,13H2;1H;/q-1;;;+1/p-1. The molecule has 3 rings (SSSR count). The van der Waals surface area contributed by atoms with Gasteiger partial charge < -0.3 is 0 Å². The molecule has 1 atom stereocenters. The molecular formula is C28H37ClN2PPd-. The van der Waals surface area contributed by atoms with Gasteiger partial charge in [-0.25, -0.2) is 0 Å². The number of rotatable bonds is 7. The number of anilines is 2. The summed E-state index contributed by atoms with van der Waals surface area (Å²) in [4.78, 5) is 2.14. The molecule has 0 bridgehead atoms. The van der Waals surface area contributed by atoms with E-state index in [4.69, 9.17) is 15.3 Å². The third-order valence-electron chi connectivity index (χ3n) is 5.49. The number of hydrogen-bond acceptors (Lipinski definition) is 2. The van der Waals surface area contributed by atoms with Gasteiger partial charge in [0, 0.05) is 0 Å². The molecule has 182 valence electrons. The van der Waals surface area contributed by atoms with E-state index in [1.165, 1.54) is 20.9 Å². The number of para-hydroxylation sites is 1. The van der Waals surface area contributed by atoms with Crippen LogP contribution >= 0.6 is 15.6 Å². The molecule has 2 nitrogen and oxygen atoms in total. The first-order valence-electron chi connectivity index (χ1n) is 11.2. The van der Waals surface area contributed by atoms with Crippen LogP contribution in [-0.2, 0) is 21.7 Å². The fraction of sp³-hybridized carbons (Fsp3) is 0.357. The van der Waals surface area contributed by atoms with E-state index in [9.17, 15) is 0 Å². The Morgan fingerprint density at radius 1 is 0.818 bits per heavy atom. The zero-order valence-corrected chi connectivity index (χ0v) is 24.0. The molecule has 33 heavy (non-hydrogen) atoms. The molecule has 0 aromatic heterocycles. The van der Waals surface area contributed by atoms with Crippen molar-refractivity contribution in [1.29, 1.82) is 0 Å². The predicted molar refractivity (Wildman–Crippen MR) is 147 cm³/mol. The van der Waals surface area contributed by atoms with Gasteiger partial charge in [0.2, 0.25) is 0 Å². The summed E-state index contributed by atoms with van der Waals surface area (Å²) in [5, 5.41) is 0.214. The molecular weight excluding hydrogens is 537 g/mol. The second-order valence-corrected chi connectivity index (χ2v) is 21.2. The zero-order valence-electron chi connectivity index (χ0n) is 20.8. The van der Waals surface area contributed by atoms with Gasteiger partial charge in [0.15, 0.2) is 0 Å². The van der Waals surface area contributed by atoms with Crippen LogP contribution in [0.1, 0.15) is 40.2 Å². The van der Waals surface area contributed by atoms with Gasteiger partial charge in [-0.3, -0.25) is 0 Å². The molecule has 2 N–H and O–H groups in total. The summed E-state index contributed by atoms with van der Waals surface area (Å²) in [6.07, 6.45) is 0.506. The van der Waals surface area contributed by atoms with Gasteiger partial charge in [0.25, 0.3) is 0 Å². The SMILES string of the molecule is CN(C)c1ccc(CC(C)(C)[P]([Pd-]([Cl])[c]2ccccc2-c2ccccc2N)C(C)(C)C)cc1. The molecule has 0 fully saturated rings. The zero-order chi connectivity index (χ0) is 24.4. The van der Waals surface area contributed by atoms with Crippen LogP contribution in [0.3, 0.4) is 0 Å². The quantitative estimate of drug-likeness (QED) is 0.179. The summed E-state index contributed by atoms with van der Waals surface area (Å²) < 4.78 is 1.29. The Bertz CT molecular complexity index is 1070. The van der Waals surface area contributed by atoms with Crippen LogP contribution in [0.15, 0.2) is 72.8 Å². The Morgan fingerprint density at radius 2 is 1.36 bits per heavy atom. The first-order valence-corrected chi connectivity index (χ1v) is 17.2. The Labute approximate surface area is 211 Å². The minimum atomic E-state index is -1.57. The van der Waals surface area contributed by atoms with Crippen LogP contribution < -0.4 is 14.7 Å². The van der Waals surface area contributed by atoms with E-state index in [1.54, 1.807) is 0 Å². The number of benzene rings is 3. The van der Waals surface area contributed by atoms with Gasteiger partial charge in [-0.2, -0.15) is 0 Å². The van der Waals surface area contributed by atoms with E-state index >= 15 is 0 Å². The van der Waals surface area contributed by atoms with Crippen molar-refractivity contribution in [3.05, 3.63) is 78.4 Å². The van der Waals surface area contributed by atoms with Crippen molar-refractivity contribution >= 4 is 31.1 Å². The van der Waals surface area contributed by atoms with Crippen molar-refractivity contribution in [3.8, 4) is 11.1 Å². The third-order valence-corrected chi connectivity index (χ3v) is 20.7. The summed E-state index contributed by atoms with van der Waals surface area (Å²) >= 11 is -1.57. The maximum atomic E-state index is 7.58. The average Bonchev–Trinajstić information content (AvgIpc) is 2.73. The summed E-state index contributed by atoms with van der Waals surface area (Å²) in [5.41, 5.74) is 12.1. The van der Waals surface area contributed by atoms with Crippen LogP contribution in [0.5, 0.6) is 0 Å². The fourth-order valence-electron chi connectivity index (χ4n) is 4.33. The fourth-order valence-corrected chi connectivity index (χ4v) is 21.8. The summed E-state index contributed by atoms with van der Waals surface area (Å²) in [5.74, 6) is 0. The topological polar surface area (TPSA) is 29.3 Å². The molecule has 0 spiro atoms. The number of nitrogens with zero attached hydrogens (tertiary/aromatic N) is 1. The first kappa shape index (κ1) is 26.3. The number of hydrogen-bond donors (Lipinski definition) is 1. The molecule has 0 saturated carbocycles. The Morgan fingerprint density at radius 3 is 1.91 bits per heavy atom. The summed E-state index contributed by atoms with van der Waals surface area (Å²) in [6.45, 7) is 11.9. The second kappa shape index (κ2) is 10.5. The Hall–Kier alpha value is -1.36. The Balaban J connectivity index is 2.01. The molecule has 0 amide bonds. The summed E-state index contributed by atoms with van der Waals surface area (Å²) in [7, 11) is 11.7. The molecule has 0 aliphatic rings. The van der Waals surface area contributed by atoms with Crippen molar-refractivity contribution in [1.82, 2.24) is 0 Å². The van der Waals surface area contributed by atoms with Crippen LogP contribution in [0.4, 0.5) is 11.4 Å². The van der Waals surface area contributed by atoms with Crippen molar-refractivity contribution in [2.45, 2.75) is 51.4 Å². The van der Waals surface area contributed by atoms with Crippen molar-refractivity contribution in [2.75, 3.05) is 24.7 Å². The van der Waals surface area contributed by atoms with Crippen LogP contribution in [0, 0.1) is 0 Å². The summed E-state index contributed by atoms with van der Waals surface area (Å²) in [6, 6.07) is 25.7. The van der Waals surface area contributed by atoms with Gasteiger partial charge >= 0.3 is 212 Å². The molecule has 0 saturated heterocycles. The number of nitrogens with two attached hydrogens (primary N) is 1. The third kappa shape index (κ3) is 6.21. The van der Waals surface area contributed by atoms with Gasteiger partial charge in [0.1, 0.15) is 0 Å². The van der Waals surface area contributed by atoms with Crippen molar-refractivity contribution < 1.29 is 15.2 Å². The minimum absolute atomic E-state index is 0.0885. The molecule has 0 aliphatic carbocycles. The van der Waals surface area contributed by atoms with Crippen molar-refractivity contribution in [3.63, 3.8) is 0 Å². The molecule has 0 heterocycles. The van der Waals surface area contributed by atoms with Crippen molar-refractivity contribution in [2.24, 2.45) is 0 Å². The average molecular weight is 574 g/mol. The molecule has 3 aromatic carbocycles. The maximum absolute atomic E-state index is 7.58. The normalized spacial score (nSPS) is 13.5. The van der Waals surface area contributed by atoms with E-state index in [1.807, 2.05) is 12.1 Å². The van der Waals surface area contributed by atoms with Crippen LogP contribution in [-0.4, -0.2) is 24.4 Å². The molecule has 1 unspecified atom stereocenters. The molecule has 0 aliphatic heterocycles. The molecule has 0 radical (unpaired) electrons. The van der Waals surface area contributed by atoms with E-state index < -0.39 is 21.4 Å². The van der Waals surface area contributed by atoms with E-state index in [2.05, 4.69) is 114 Å². The van der Waals surface area contributed by atoms with Gasteiger partial charge in [-0.05, 0) is 0 Å². The van der Waals surface area contributed by atoms with E-state index in [0.29, 0.717) is 0 Å². The second-order valence-electron chi connectivity index (χ2n) is 10.2. The van der Waals surface area contributed by atoms with E-state index in [0.717, 1.165) is 17.7 Å². The number of halogens is 1. The van der Waals surface area contributed by atoms with E-state index in [-0.39, 0.29) is 10.3 Å². The first-order chi connectivity index (χ1) is 15.4. The van der Waals surface area contributed by atoms with Crippen LogP contribution in [0.25, 0.3) is 11.1 Å². The van der Waals surface area contributed by atoms with Gasteiger partial charge in [-0.1, -0.05) is 0 Å². The molecule has 3 aromatic rings. The van der Waals surface area contributed by atoms with Crippen LogP contribution in [0.2, 0.25) is 0 Å². The predicted octanol–water partition coefficient (Wildman–Crippen LogP) is 7.62. The number of nitrogen functional groups attached to an aromatic ring is 1. The Kier molecular flexibility index (Phi) is 8.35. The van der Waals surface area contributed by atoms with Gasteiger partial charge in [-0.15, -0.1) is 0 Å². The monoisotopic (exact) mass is 573 g/mol.